The molecule has 5 rings (SSSR count). The van der Waals surface area contributed by atoms with Gasteiger partial charge in [-0.05, 0) is 103 Å². The third kappa shape index (κ3) is 16.3. The number of esters is 1. The van der Waals surface area contributed by atoms with Gasteiger partial charge in [0.1, 0.15) is 40.7 Å². The molecular weight excluding hydrogens is 1050 g/mol. The van der Waals surface area contributed by atoms with Crippen LogP contribution < -0.4 is 15.0 Å². The third-order valence-corrected chi connectivity index (χ3v) is 18.9. The summed E-state index contributed by atoms with van der Waals surface area (Å²) in [5, 5.41) is 16.0. The lowest BCUT2D eigenvalue weighted by Crippen LogP contribution is -2.65. The average Bonchev–Trinajstić information content (AvgIpc) is 4.00. The second-order valence-corrected chi connectivity index (χ2v) is 26.0. The maximum Gasteiger partial charge on any atom is 0.409 e. The number of carbonyl (C=O) groups is 7. The zero-order valence-electron chi connectivity index (χ0n) is 47.3. The molecule has 0 saturated carbocycles. The lowest BCUT2D eigenvalue weighted by molar-refractivity contribution is -0.197. The molecule has 4 aliphatic rings. The van der Waals surface area contributed by atoms with E-state index in [0.717, 1.165) is 35.1 Å². The number of amides is 5. The molecule has 1 unspecified atom stereocenters. The number of benzene rings is 1. The van der Waals surface area contributed by atoms with Crippen LogP contribution in [0.4, 0.5) is 10.5 Å². The van der Waals surface area contributed by atoms with Crippen LogP contribution in [0.2, 0.25) is 5.02 Å². The van der Waals surface area contributed by atoms with Gasteiger partial charge in [-0.15, -0.1) is 5.06 Å². The Kier molecular flexibility index (Phi) is 21.8. The molecule has 428 valence electrons. The normalized spacial score (nSPS) is 26.5. The predicted molar refractivity (Wildman–Crippen MR) is 297 cm³/mol. The fourth-order valence-corrected chi connectivity index (χ4v) is 12.5. The number of imide groups is 1. The van der Waals surface area contributed by atoms with Gasteiger partial charge in [-0.3, -0.25) is 24.5 Å². The van der Waals surface area contributed by atoms with Crippen LogP contribution in [0.3, 0.4) is 0 Å². The molecule has 0 aliphatic carbocycles. The summed E-state index contributed by atoms with van der Waals surface area (Å²) in [6.07, 6.45) is 3.29. The number of allylic oxidation sites excluding steroid dienone is 4. The van der Waals surface area contributed by atoms with Crippen molar-refractivity contribution in [3.63, 3.8) is 0 Å². The minimum absolute atomic E-state index is 0.0217. The SMILES string of the molecule is CCC(C)CC(CO[C@@H]1/C=C/C=C(\C)Cc2cc(OC)c(Cl)c(c2)N(C)C(=O)C[C@H](OC(=O)[C@H](C)N(C)C(=O)CCC(C)(C)SSCCCC(=O)ON2C(=O)CCC2=O)[C@]2(C)O[C@H]2C(C)(C)[C@@H]2C[C@@]1(O)NC(=O)O2)=C(C)C. The molecule has 8 atom stereocenters. The summed E-state index contributed by atoms with van der Waals surface area (Å²) >= 11 is 6.91. The molecule has 1 aromatic rings. The van der Waals surface area contributed by atoms with Gasteiger partial charge in [-0.1, -0.05) is 96.7 Å². The molecule has 18 nitrogen and oxygen atoms in total. The lowest BCUT2D eigenvalue weighted by Gasteiger charge is -2.45. The number of alkyl carbamates (subject to hydrolysis) is 1. The topological polar surface area (TPSA) is 220 Å². The van der Waals surface area contributed by atoms with Crippen LogP contribution >= 0.6 is 33.2 Å². The Bertz CT molecular complexity index is 2460. The molecule has 4 aliphatic heterocycles. The van der Waals surface area contributed by atoms with Gasteiger partial charge in [-0.25, -0.2) is 14.4 Å². The van der Waals surface area contributed by atoms with Crippen molar-refractivity contribution < 1.29 is 67.2 Å². The Morgan fingerprint density at radius 1 is 1.05 bits per heavy atom. The van der Waals surface area contributed by atoms with E-state index >= 15 is 0 Å². The van der Waals surface area contributed by atoms with E-state index in [2.05, 4.69) is 19.2 Å². The van der Waals surface area contributed by atoms with Crippen molar-refractivity contribution in [1.29, 1.82) is 0 Å². The first-order valence-electron chi connectivity index (χ1n) is 26.4. The molecular formula is C56H81ClN4O14S2. The average molecular weight is 1130 g/mol. The smallest absolute Gasteiger partial charge is 0.409 e. The number of aliphatic hydroxyl groups is 1. The highest BCUT2D eigenvalue weighted by atomic mass is 35.5. The Morgan fingerprint density at radius 3 is 2.36 bits per heavy atom. The number of ether oxygens (including phenoxy) is 5. The molecule has 3 saturated heterocycles. The van der Waals surface area contributed by atoms with Gasteiger partial charge in [0, 0.05) is 62.1 Å². The fraction of sp³-hybridized carbons (Fsp3) is 0.661. The standard InChI is InChI=1S/C56H81ClN4O14S2/c1-15-34(4)27-38(33(2)3)32-71-41-19-16-18-35(5)26-37-28-39(49(57)40(29-37)70-14)60(13)47(65)30-42(55(11)51(74-55)54(9,10)43-31-56(41,69)58-52(68)73-43)72-50(67)36(6)59(12)44(62)23-24-53(7,8)77-76-25-17-20-48(66)75-61-45(63)21-22-46(61)64/h16,18-19,28-29,34,36,41-43,51,69H,15,17,20-27,30-32H2,1-14H3,(H,58,68)/b19-16+,35-18+/t34?,36-,41+,42-,43-,51-,55-,56-/m0/s1. The molecule has 5 amide bonds. The zero-order valence-corrected chi connectivity index (χ0v) is 49.7. The second kappa shape index (κ2) is 26.6. The first-order chi connectivity index (χ1) is 36.0. The molecule has 4 heterocycles. The molecule has 0 radical (unpaired) electrons. The monoisotopic (exact) mass is 1130 g/mol. The van der Waals surface area contributed by atoms with Crippen LogP contribution in [-0.2, 0) is 59.0 Å². The molecule has 0 aromatic heterocycles. The number of epoxide rings is 1. The van der Waals surface area contributed by atoms with Gasteiger partial charge in [0.25, 0.3) is 11.8 Å². The van der Waals surface area contributed by atoms with Crippen molar-refractivity contribution in [3.8, 4) is 5.75 Å². The summed E-state index contributed by atoms with van der Waals surface area (Å²) < 4.78 is 30.7. The van der Waals surface area contributed by atoms with Crippen molar-refractivity contribution in [2.24, 2.45) is 11.3 Å². The number of nitrogens with one attached hydrogen (secondary N) is 1. The fourth-order valence-electron chi connectivity index (χ4n) is 9.50. The van der Waals surface area contributed by atoms with Crippen molar-refractivity contribution in [2.45, 2.75) is 193 Å². The summed E-state index contributed by atoms with van der Waals surface area (Å²) in [7, 11) is 7.64. The van der Waals surface area contributed by atoms with Gasteiger partial charge in [0.2, 0.25) is 11.8 Å². The predicted octanol–water partition coefficient (Wildman–Crippen LogP) is 9.38. The summed E-state index contributed by atoms with van der Waals surface area (Å²) in [6, 6.07) is 2.50. The van der Waals surface area contributed by atoms with E-state index in [1.54, 1.807) is 56.0 Å². The highest BCUT2D eigenvalue weighted by Crippen LogP contribution is 2.55. The molecule has 0 spiro atoms. The molecule has 4 bridgehead atoms. The number of halogens is 1. The first-order valence-corrected chi connectivity index (χ1v) is 29.1. The Hall–Kier alpha value is -4.60. The summed E-state index contributed by atoms with van der Waals surface area (Å²) in [5.41, 5.74) is -0.104. The third-order valence-electron chi connectivity index (χ3n) is 15.1. The molecule has 2 N–H and O–H groups in total. The van der Waals surface area contributed by atoms with E-state index in [1.807, 2.05) is 54.5 Å². The first kappa shape index (κ1) is 63.2. The van der Waals surface area contributed by atoms with E-state index < -0.39 is 83.0 Å². The molecule has 3 fully saturated rings. The maximum atomic E-state index is 14.6. The van der Waals surface area contributed by atoms with Crippen LogP contribution in [0, 0.1) is 11.3 Å². The summed E-state index contributed by atoms with van der Waals surface area (Å²) in [4.78, 5) is 99.7. The number of hydrogen-bond acceptors (Lipinski definition) is 16. The van der Waals surface area contributed by atoms with E-state index in [9.17, 15) is 38.7 Å². The number of rotatable bonds is 20. The molecule has 21 heteroatoms. The van der Waals surface area contributed by atoms with Gasteiger partial charge in [0.05, 0.1) is 31.9 Å². The van der Waals surface area contributed by atoms with Crippen LogP contribution in [0.15, 0.2) is 47.1 Å². The second-order valence-electron chi connectivity index (χ2n) is 22.5. The highest BCUT2D eigenvalue weighted by molar-refractivity contribution is 8.77. The van der Waals surface area contributed by atoms with E-state index in [-0.39, 0.29) is 60.8 Å². The van der Waals surface area contributed by atoms with Gasteiger partial charge >= 0.3 is 18.0 Å². The number of methoxy groups -OCH3 is 1. The van der Waals surface area contributed by atoms with E-state index in [0.29, 0.717) is 47.4 Å². The van der Waals surface area contributed by atoms with Gasteiger partial charge < -0.3 is 43.4 Å². The van der Waals surface area contributed by atoms with Crippen molar-refractivity contribution >= 4 is 80.5 Å². The maximum absolute atomic E-state index is 14.6. The number of hydroxylamine groups is 2. The van der Waals surface area contributed by atoms with Crippen LogP contribution in [0.25, 0.3) is 0 Å². The van der Waals surface area contributed by atoms with E-state index in [1.165, 1.54) is 34.8 Å². The summed E-state index contributed by atoms with van der Waals surface area (Å²) in [5.74, 6) is -1.98. The number of nitrogens with zero attached hydrogens (tertiary/aromatic N) is 3. The number of carbonyl (C=O) groups excluding carboxylic acids is 7. The van der Waals surface area contributed by atoms with Gasteiger partial charge in [-0.2, -0.15) is 0 Å². The number of hydrogen-bond donors (Lipinski definition) is 2. The minimum Gasteiger partial charge on any atom is -0.495 e. The Labute approximate surface area is 467 Å². The highest BCUT2D eigenvalue weighted by Gasteiger charge is 2.68. The quantitative estimate of drug-likeness (QED) is 0.0310. The largest absolute Gasteiger partial charge is 0.495 e. The summed E-state index contributed by atoms with van der Waals surface area (Å²) in [6.45, 7) is 21.4. The lowest BCUT2D eigenvalue weighted by atomic mass is 9.73. The number of likely N-dealkylation sites (N-methyl/N-ethyl adjacent to an activating group) is 1. The Balaban J connectivity index is 1.37. The Morgan fingerprint density at radius 2 is 1.73 bits per heavy atom. The van der Waals surface area contributed by atoms with Crippen LogP contribution in [0.1, 0.15) is 146 Å². The van der Waals surface area contributed by atoms with Crippen LogP contribution in [0.5, 0.6) is 5.75 Å². The minimum atomic E-state index is -1.95. The number of anilines is 1. The van der Waals surface area contributed by atoms with Crippen molar-refractivity contribution in [3.05, 3.63) is 57.7 Å². The van der Waals surface area contributed by atoms with E-state index in [4.69, 9.17) is 40.1 Å². The van der Waals surface area contributed by atoms with Crippen molar-refractivity contribution in [1.82, 2.24) is 15.3 Å². The molecule has 1 aromatic carbocycles. The number of fused-ring (bicyclic) bond motifs is 5. The van der Waals surface area contributed by atoms with Crippen LogP contribution in [-0.4, -0.2) is 137 Å². The molecule has 77 heavy (non-hydrogen) atoms. The van der Waals surface area contributed by atoms with Crippen molar-refractivity contribution in [2.75, 3.05) is 38.5 Å². The van der Waals surface area contributed by atoms with Gasteiger partial charge in [0.15, 0.2) is 5.72 Å². The zero-order chi connectivity index (χ0) is 57.4.